The molecule has 0 aliphatic rings. The Morgan fingerprint density at radius 2 is 0.909 bits per heavy atom. The fourth-order valence-corrected chi connectivity index (χ4v) is 4.23. The van der Waals surface area contributed by atoms with Gasteiger partial charge in [-0.2, -0.15) is 5.26 Å². The van der Waals surface area contributed by atoms with Crippen LogP contribution in [0.25, 0.3) is 0 Å². The first kappa shape index (κ1) is 42.4. The Morgan fingerprint density at radius 3 is 1.33 bits per heavy atom. The normalized spacial score (nSPS) is 10.3. The molecular formula is C44H43N3O8. The van der Waals surface area contributed by atoms with Gasteiger partial charge in [0.25, 0.3) is 0 Å². The fraction of sp³-hybridized carbons (Fsp3) is 0.182. The van der Waals surface area contributed by atoms with E-state index in [1.54, 1.807) is 48.8 Å². The lowest BCUT2D eigenvalue weighted by Gasteiger charge is -2.06. The molecule has 0 saturated carbocycles. The van der Waals surface area contributed by atoms with Crippen LogP contribution in [0.1, 0.15) is 42.4 Å². The molecule has 11 nitrogen and oxygen atoms in total. The number of hydrogen-bond acceptors (Lipinski definition) is 11. The Bertz CT molecular complexity index is 1930. The minimum atomic E-state index is -0.500. The molecule has 0 aliphatic heterocycles. The van der Waals surface area contributed by atoms with Gasteiger partial charge in [-0.15, -0.1) is 0 Å². The highest BCUT2D eigenvalue weighted by molar-refractivity contribution is 5.84. The Balaban J connectivity index is 0.000000297. The van der Waals surface area contributed by atoms with Gasteiger partial charge >= 0.3 is 17.9 Å². The van der Waals surface area contributed by atoms with Crippen molar-refractivity contribution >= 4 is 41.7 Å². The third-order valence-corrected chi connectivity index (χ3v) is 7.14. The highest BCUT2D eigenvalue weighted by atomic mass is 16.5. The van der Waals surface area contributed by atoms with Gasteiger partial charge < -0.3 is 23.7 Å². The highest BCUT2D eigenvalue weighted by Gasteiger charge is 2.01. The van der Waals surface area contributed by atoms with E-state index in [-0.39, 0.29) is 0 Å². The molecular weight excluding hydrogens is 698 g/mol. The molecule has 0 amide bonds. The van der Waals surface area contributed by atoms with Crippen molar-refractivity contribution < 1.29 is 38.1 Å². The Morgan fingerprint density at radius 1 is 0.527 bits per heavy atom. The molecule has 0 bridgehead atoms. The van der Waals surface area contributed by atoms with Crippen molar-refractivity contribution in [3.05, 3.63) is 152 Å². The van der Waals surface area contributed by atoms with E-state index in [0.29, 0.717) is 37.7 Å². The molecule has 4 aromatic carbocycles. The van der Waals surface area contributed by atoms with Crippen molar-refractivity contribution in [1.82, 2.24) is 0 Å². The largest absolute Gasteiger partial charge is 0.494 e. The molecule has 0 atom stereocenters. The molecule has 4 rings (SSSR count). The van der Waals surface area contributed by atoms with Gasteiger partial charge in [-0.05, 0) is 122 Å². The van der Waals surface area contributed by atoms with Gasteiger partial charge in [-0.3, -0.25) is 9.98 Å². The van der Waals surface area contributed by atoms with Gasteiger partial charge in [-0.25, -0.2) is 14.4 Å². The molecule has 0 spiro atoms. The van der Waals surface area contributed by atoms with Gasteiger partial charge in [0, 0.05) is 30.7 Å². The summed E-state index contributed by atoms with van der Waals surface area (Å²) in [5.41, 5.74) is 4.04. The van der Waals surface area contributed by atoms with E-state index in [1.807, 2.05) is 60.7 Å². The second kappa shape index (κ2) is 25.0. The van der Waals surface area contributed by atoms with Crippen LogP contribution in [0.15, 0.2) is 145 Å². The molecule has 0 aliphatic carbocycles. The second-order valence-corrected chi connectivity index (χ2v) is 11.3. The summed E-state index contributed by atoms with van der Waals surface area (Å²) in [6.45, 7) is 11.9. The predicted molar refractivity (Wildman–Crippen MR) is 213 cm³/mol. The van der Waals surface area contributed by atoms with Crippen LogP contribution >= 0.6 is 0 Å². The molecule has 55 heavy (non-hydrogen) atoms. The summed E-state index contributed by atoms with van der Waals surface area (Å²) >= 11 is 0. The summed E-state index contributed by atoms with van der Waals surface area (Å²) in [4.78, 5) is 41.7. The molecule has 0 heterocycles. The zero-order valence-electron chi connectivity index (χ0n) is 30.5. The van der Waals surface area contributed by atoms with Crippen LogP contribution in [0.5, 0.6) is 17.2 Å². The number of nitrogens with zero attached hydrogens (tertiary/aromatic N) is 3. The third kappa shape index (κ3) is 17.8. The number of ether oxygens (including phenoxy) is 5. The predicted octanol–water partition coefficient (Wildman–Crippen LogP) is 8.61. The maximum Gasteiger partial charge on any atom is 0.335 e. The van der Waals surface area contributed by atoms with E-state index in [4.69, 9.17) is 28.9 Å². The topological polar surface area (TPSA) is 146 Å². The number of rotatable bonds is 20. The molecule has 0 fully saturated rings. The number of benzene rings is 4. The summed E-state index contributed by atoms with van der Waals surface area (Å²) in [7, 11) is 0. The van der Waals surface area contributed by atoms with Crippen LogP contribution in [0, 0.1) is 11.3 Å². The smallest absolute Gasteiger partial charge is 0.335 e. The molecule has 0 N–H and O–H groups in total. The molecule has 11 heteroatoms. The van der Waals surface area contributed by atoms with E-state index in [0.717, 1.165) is 77.9 Å². The summed E-state index contributed by atoms with van der Waals surface area (Å²) in [6.07, 6.45) is 9.96. The van der Waals surface area contributed by atoms with E-state index < -0.39 is 17.9 Å². The minimum absolute atomic E-state index is 0.362. The number of unbranched alkanes of at least 4 members (excludes halogenated alkanes) is 2. The van der Waals surface area contributed by atoms with Gasteiger partial charge in [0.2, 0.25) is 0 Å². The van der Waals surface area contributed by atoms with Crippen LogP contribution in [-0.4, -0.2) is 56.8 Å². The lowest BCUT2D eigenvalue weighted by Crippen LogP contribution is -2.04. The number of hydrogen-bond donors (Lipinski definition) is 0. The van der Waals surface area contributed by atoms with Crippen LogP contribution < -0.4 is 14.2 Å². The Hall–Kier alpha value is -7.06. The van der Waals surface area contributed by atoms with Gasteiger partial charge in [0.05, 0.1) is 49.4 Å². The molecule has 0 radical (unpaired) electrons. The van der Waals surface area contributed by atoms with Crippen LogP contribution in [0.2, 0.25) is 0 Å². The van der Waals surface area contributed by atoms with E-state index in [9.17, 15) is 14.4 Å². The standard InChI is InChI=1S/C23H23NO5.C21H20N2O3/c1-3-22(25)28-16-6-5-15-27-20-11-7-18(8-12-20)17-24-19-9-13-21(14-10-19)29-23(26)4-2;1-2-21(24)26-14-4-3-13-25-20-11-9-19(10-12-20)23-16-18-7-5-17(15-22)6-8-18/h3-4,7-14,17H,1-2,5-6,15-16H2;2,5-12,16H,1,3-4,13-14H2. The van der Waals surface area contributed by atoms with Crippen LogP contribution in [-0.2, 0) is 23.9 Å². The molecule has 282 valence electrons. The number of carbonyl (C=O) groups excluding carboxylic acids is 3. The molecule has 0 saturated heterocycles. The van der Waals surface area contributed by atoms with Crippen molar-refractivity contribution in [1.29, 1.82) is 5.26 Å². The minimum Gasteiger partial charge on any atom is -0.494 e. The first-order chi connectivity index (χ1) is 26.8. The summed E-state index contributed by atoms with van der Waals surface area (Å²) < 4.78 is 26.1. The maximum atomic E-state index is 11.2. The lowest BCUT2D eigenvalue weighted by molar-refractivity contribution is -0.138. The van der Waals surface area contributed by atoms with Gasteiger partial charge in [0.1, 0.15) is 17.2 Å². The average molecular weight is 742 g/mol. The first-order valence-corrected chi connectivity index (χ1v) is 17.4. The number of carbonyl (C=O) groups is 3. The monoisotopic (exact) mass is 741 g/mol. The lowest BCUT2D eigenvalue weighted by atomic mass is 10.2. The third-order valence-electron chi connectivity index (χ3n) is 7.14. The zero-order chi connectivity index (χ0) is 39.5. The quantitative estimate of drug-likeness (QED) is 0.0286. The van der Waals surface area contributed by atoms with Crippen molar-refractivity contribution in [2.45, 2.75) is 25.7 Å². The summed E-state index contributed by atoms with van der Waals surface area (Å²) in [6, 6.07) is 31.2. The average Bonchev–Trinajstić information content (AvgIpc) is 3.23. The van der Waals surface area contributed by atoms with Crippen LogP contribution in [0.4, 0.5) is 11.4 Å². The van der Waals surface area contributed by atoms with Gasteiger partial charge in [0.15, 0.2) is 0 Å². The maximum absolute atomic E-state index is 11.2. The number of aliphatic imine (C=N–C) groups is 2. The number of nitriles is 1. The van der Waals surface area contributed by atoms with Crippen LogP contribution in [0.3, 0.4) is 0 Å². The summed E-state index contributed by atoms with van der Waals surface area (Å²) in [5.74, 6) is 0.663. The first-order valence-electron chi connectivity index (χ1n) is 17.4. The van der Waals surface area contributed by atoms with Crippen molar-refractivity contribution in [3.63, 3.8) is 0 Å². The molecule has 0 unspecified atom stereocenters. The van der Waals surface area contributed by atoms with E-state index >= 15 is 0 Å². The van der Waals surface area contributed by atoms with E-state index in [2.05, 4.69) is 35.8 Å². The SMILES string of the molecule is C=CC(=O)OCCCCOc1ccc(C=Nc2ccc(OC(=O)C=C)cc2)cc1.C=CC(=O)OCCCCOc1ccc(N=Cc2ccc(C#N)cc2)cc1. The highest BCUT2D eigenvalue weighted by Crippen LogP contribution is 2.20. The fourth-order valence-electron chi connectivity index (χ4n) is 4.23. The molecule has 4 aromatic rings. The number of esters is 3. The second-order valence-electron chi connectivity index (χ2n) is 11.3. The Labute approximate surface area is 321 Å². The van der Waals surface area contributed by atoms with E-state index in [1.165, 1.54) is 0 Å². The molecule has 0 aromatic heterocycles. The van der Waals surface area contributed by atoms with Crippen molar-refractivity contribution in [3.8, 4) is 23.3 Å². The van der Waals surface area contributed by atoms with Crippen molar-refractivity contribution in [2.75, 3.05) is 26.4 Å². The summed E-state index contributed by atoms with van der Waals surface area (Å²) in [5, 5.41) is 8.78. The Kier molecular flexibility index (Phi) is 19.3. The van der Waals surface area contributed by atoms with Crippen molar-refractivity contribution in [2.24, 2.45) is 9.98 Å². The zero-order valence-corrected chi connectivity index (χ0v) is 30.5. The van der Waals surface area contributed by atoms with Gasteiger partial charge in [-0.1, -0.05) is 31.9 Å².